The van der Waals surface area contributed by atoms with Crippen molar-refractivity contribution >= 4 is 23.5 Å². The van der Waals surface area contributed by atoms with E-state index in [2.05, 4.69) is 15.3 Å². The maximum atomic E-state index is 12.2. The quantitative estimate of drug-likeness (QED) is 0.847. The first-order valence-electron chi connectivity index (χ1n) is 7.74. The molecule has 1 aromatic carbocycles. The monoisotopic (exact) mass is 332 g/mol. The van der Waals surface area contributed by atoms with Gasteiger partial charge in [-0.05, 0) is 44.0 Å². The Morgan fingerprint density at radius 2 is 1.87 bits per heavy atom. The maximum absolute atomic E-state index is 12.2. The smallest absolute Gasteiger partial charge is 0.270 e. The third kappa shape index (κ3) is 4.93. The van der Waals surface area contributed by atoms with E-state index in [-0.39, 0.29) is 5.91 Å². The van der Waals surface area contributed by atoms with Crippen molar-refractivity contribution in [2.24, 2.45) is 0 Å². The van der Waals surface area contributed by atoms with Gasteiger partial charge in [0, 0.05) is 30.9 Å². The second-order valence-electron chi connectivity index (χ2n) is 5.05. The highest BCUT2D eigenvalue weighted by atomic mass is 35.5. The number of benzene rings is 1. The second kappa shape index (κ2) is 8.48. The molecule has 1 aromatic heterocycles. The molecule has 5 nitrogen and oxygen atoms in total. The standard InChI is InChI=1S/C17H21ClN4O/c1-3-22(4-2)17-20-12-10-15(21-17)16(23)19-11-9-13-5-7-14(18)8-6-13/h5-8,10,12H,3-4,9,11H2,1-2H3,(H,19,23). The van der Waals surface area contributed by atoms with Crippen LogP contribution in [0.2, 0.25) is 5.02 Å². The van der Waals surface area contributed by atoms with Gasteiger partial charge in [-0.25, -0.2) is 9.97 Å². The fourth-order valence-electron chi connectivity index (χ4n) is 2.20. The van der Waals surface area contributed by atoms with Crippen LogP contribution in [0.3, 0.4) is 0 Å². The average molecular weight is 333 g/mol. The summed E-state index contributed by atoms with van der Waals surface area (Å²) in [4.78, 5) is 22.8. The average Bonchev–Trinajstić information content (AvgIpc) is 2.58. The Hall–Kier alpha value is -2.14. The Balaban J connectivity index is 1.92. The molecule has 0 bridgehead atoms. The van der Waals surface area contributed by atoms with Crippen molar-refractivity contribution in [1.29, 1.82) is 0 Å². The van der Waals surface area contributed by atoms with Gasteiger partial charge in [-0.1, -0.05) is 23.7 Å². The minimum absolute atomic E-state index is 0.185. The Morgan fingerprint density at radius 1 is 1.17 bits per heavy atom. The Morgan fingerprint density at radius 3 is 2.52 bits per heavy atom. The molecule has 2 rings (SSSR count). The molecular weight excluding hydrogens is 312 g/mol. The first-order valence-corrected chi connectivity index (χ1v) is 8.12. The van der Waals surface area contributed by atoms with E-state index in [0.29, 0.717) is 23.2 Å². The molecule has 1 N–H and O–H groups in total. The van der Waals surface area contributed by atoms with Gasteiger partial charge in [0.25, 0.3) is 5.91 Å². The molecule has 0 aliphatic heterocycles. The number of carbonyl (C=O) groups excluding carboxylic acids is 1. The zero-order valence-electron chi connectivity index (χ0n) is 13.4. The summed E-state index contributed by atoms with van der Waals surface area (Å²) in [7, 11) is 0. The number of carbonyl (C=O) groups is 1. The van der Waals surface area contributed by atoms with Gasteiger partial charge >= 0.3 is 0 Å². The van der Waals surface area contributed by atoms with Gasteiger partial charge in [-0.15, -0.1) is 0 Å². The van der Waals surface area contributed by atoms with E-state index in [0.717, 1.165) is 25.1 Å². The van der Waals surface area contributed by atoms with Crippen LogP contribution in [0.25, 0.3) is 0 Å². The van der Waals surface area contributed by atoms with E-state index < -0.39 is 0 Å². The number of amides is 1. The van der Waals surface area contributed by atoms with Crippen LogP contribution in [0.5, 0.6) is 0 Å². The van der Waals surface area contributed by atoms with E-state index in [1.54, 1.807) is 12.3 Å². The Bertz CT molecular complexity index is 641. The zero-order valence-corrected chi connectivity index (χ0v) is 14.2. The van der Waals surface area contributed by atoms with Gasteiger partial charge < -0.3 is 10.2 Å². The number of aromatic nitrogens is 2. The predicted molar refractivity (Wildman–Crippen MR) is 93.1 cm³/mol. The highest BCUT2D eigenvalue weighted by Gasteiger charge is 2.11. The number of halogens is 1. The molecule has 0 saturated carbocycles. The van der Waals surface area contributed by atoms with Crippen LogP contribution in [0.4, 0.5) is 5.95 Å². The Kier molecular flexibility index (Phi) is 6.35. The van der Waals surface area contributed by atoms with Crippen LogP contribution in [0, 0.1) is 0 Å². The summed E-state index contributed by atoms with van der Waals surface area (Å²) in [5.74, 6) is 0.398. The minimum Gasteiger partial charge on any atom is -0.350 e. The van der Waals surface area contributed by atoms with Gasteiger partial charge in [-0.2, -0.15) is 0 Å². The molecule has 122 valence electrons. The van der Waals surface area contributed by atoms with Gasteiger partial charge in [0.2, 0.25) is 5.95 Å². The molecule has 0 spiro atoms. The Labute approximate surface area is 141 Å². The van der Waals surface area contributed by atoms with Crippen molar-refractivity contribution in [3.63, 3.8) is 0 Å². The summed E-state index contributed by atoms with van der Waals surface area (Å²) in [6.45, 7) is 6.22. The summed E-state index contributed by atoms with van der Waals surface area (Å²) in [5.41, 5.74) is 1.51. The van der Waals surface area contributed by atoms with Crippen molar-refractivity contribution in [2.45, 2.75) is 20.3 Å². The molecule has 0 radical (unpaired) electrons. The molecule has 0 unspecified atom stereocenters. The van der Waals surface area contributed by atoms with E-state index in [4.69, 9.17) is 11.6 Å². The summed E-state index contributed by atoms with van der Waals surface area (Å²) >= 11 is 5.85. The number of hydrogen-bond acceptors (Lipinski definition) is 4. The number of nitrogens with zero attached hydrogens (tertiary/aromatic N) is 3. The minimum atomic E-state index is -0.185. The van der Waals surface area contributed by atoms with E-state index in [9.17, 15) is 4.79 Å². The molecule has 1 amide bonds. The molecule has 6 heteroatoms. The molecular formula is C17H21ClN4O. The number of hydrogen-bond donors (Lipinski definition) is 1. The van der Waals surface area contributed by atoms with Crippen LogP contribution in [-0.4, -0.2) is 35.5 Å². The molecule has 0 saturated heterocycles. The number of rotatable bonds is 7. The zero-order chi connectivity index (χ0) is 16.7. The summed E-state index contributed by atoms with van der Waals surface area (Å²) in [6, 6.07) is 9.24. The molecule has 0 aliphatic carbocycles. The summed E-state index contributed by atoms with van der Waals surface area (Å²) < 4.78 is 0. The van der Waals surface area contributed by atoms with Crippen LogP contribution in [0.1, 0.15) is 29.9 Å². The predicted octanol–water partition coefficient (Wildman–Crippen LogP) is 2.95. The van der Waals surface area contributed by atoms with Crippen LogP contribution in [-0.2, 0) is 6.42 Å². The number of nitrogens with one attached hydrogen (secondary N) is 1. The number of anilines is 1. The van der Waals surface area contributed by atoms with E-state index in [1.807, 2.05) is 43.0 Å². The highest BCUT2D eigenvalue weighted by molar-refractivity contribution is 6.30. The second-order valence-corrected chi connectivity index (χ2v) is 5.48. The van der Waals surface area contributed by atoms with Crippen molar-refractivity contribution < 1.29 is 4.79 Å². The van der Waals surface area contributed by atoms with Gasteiger partial charge in [-0.3, -0.25) is 4.79 Å². The van der Waals surface area contributed by atoms with Gasteiger partial charge in [0.1, 0.15) is 5.69 Å². The van der Waals surface area contributed by atoms with Crippen molar-refractivity contribution in [3.8, 4) is 0 Å². The fraction of sp³-hybridized carbons (Fsp3) is 0.353. The van der Waals surface area contributed by atoms with Gasteiger partial charge in [0.05, 0.1) is 0 Å². The van der Waals surface area contributed by atoms with E-state index >= 15 is 0 Å². The van der Waals surface area contributed by atoms with E-state index in [1.165, 1.54) is 0 Å². The lowest BCUT2D eigenvalue weighted by molar-refractivity contribution is 0.0949. The first kappa shape index (κ1) is 17.2. The van der Waals surface area contributed by atoms with Crippen molar-refractivity contribution in [2.75, 3.05) is 24.5 Å². The molecule has 2 aromatic rings. The molecule has 1 heterocycles. The normalized spacial score (nSPS) is 10.4. The lowest BCUT2D eigenvalue weighted by Gasteiger charge is -2.18. The third-order valence-corrected chi connectivity index (χ3v) is 3.79. The topological polar surface area (TPSA) is 58.1 Å². The molecule has 0 aliphatic rings. The highest BCUT2D eigenvalue weighted by Crippen LogP contribution is 2.10. The van der Waals surface area contributed by atoms with Gasteiger partial charge in [0.15, 0.2) is 0 Å². The molecule has 0 atom stereocenters. The fourth-order valence-corrected chi connectivity index (χ4v) is 2.32. The van der Waals surface area contributed by atoms with Crippen LogP contribution < -0.4 is 10.2 Å². The largest absolute Gasteiger partial charge is 0.350 e. The summed E-state index contributed by atoms with van der Waals surface area (Å²) in [5, 5.41) is 3.59. The third-order valence-electron chi connectivity index (χ3n) is 3.53. The molecule has 0 fully saturated rings. The maximum Gasteiger partial charge on any atom is 0.270 e. The van der Waals surface area contributed by atoms with Crippen molar-refractivity contribution in [3.05, 3.63) is 52.8 Å². The lowest BCUT2D eigenvalue weighted by atomic mass is 10.1. The molecule has 23 heavy (non-hydrogen) atoms. The lowest BCUT2D eigenvalue weighted by Crippen LogP contribution is -2.29. The van der Waals surface area contributed by atoms with Crippen LogP contribution >= 0.6 is 11.6 Å². The summed E-state index contributed by atoms with van der Waals surface area (Å²) in [6.07, 6.45) is 2.37. The van der Waals surface area contributed by atoms with Crippen molar-refractivity contribution in [1.82, 2.24) is 15.3 Å². The SMILES string of the molecule is CCN(CC)c1nccc(C(=O)NCCc2ccc(Cl)cc2)n1. The van der Waals surface area contributed by atoms with Crippen LogP contribution in [0.15, 0.2) is 36.5 Å². The first-order chi connectivity index (χ1) is 11.1.